The standard InChI is InChI=1S/C27H31ClN2O6/c1-3-36-21-10-7-19(17-22(21)34-2)24-23(25(31)18-5-8-20(28)9-6-18)26(32)27(33)30(24)12-4-11-29-13-15-35-16-14-29/h5-10,17,24,31H,3-4,11-16H2,1-2H3/b25-23+. The number of benzene rings is 2. The van der Waals surface area contributed by atoms with Crippen LogP contribution in [0, 0.1) is 0 Å². The average molecular weight is 515 g/mol. The molecule has 9 heteroatoms. The molecule has 1 atom stereocenters. The Balaban J connectivity index is 1.71. The third kappa shape index (κ3) is 5.51. The van der Waals surface area contributed by atoms with Gasteiger partial charge in [-0.25, -0.2) is 0 Å². The number of nitrogens with one attached hydrogen (secondary N) is 1. The summed E-state index contributed by atoms with van der Waals surface area (Å²) < 4.78 is 16.6. The molecule has 36 heavy (non-hydrogen) atoms. The molecule has 0 bridgehead atoms. The maximum atomic E-state index is 13.5. The SMILES string of the molecule is CCOc1ccc(C2/C(=C(\[O-])c3ccc(Cl)cc3)C(=O)C(=O)N2CCC[NH+]2CCOCC2)cc1OC. The quantitative estimate of drug-likeness (QED) is 0.308. The van der Waals surface area contributed by atoms with Gasteiger partial charge in [-0.2, -0.15) is 0 Å². The highest BCUT2D eigenvalue weighted by Crippen LogP contribution is 2.41. The minimum atomic E-state index is -0.822. The van der Waals surface area contributed by atoms with E-state index in [1.54, 1.807) is 42.5 Å². The first kappa shape index (κ1) is 26.0. The number of carbonyl (C=O) groups is 2. The molecule has 2 aliphatic heterocycles. The molecule has 2 aromatic carbocycles. The first-order valence-electron chi connectivity index (χ1n) is 12.2. The number of quaternary nitrogens is 1. The Morgan fingerprint density at radius 1 is 1.14 bits per heavy atom. The predicted octanol–water partition coefficient (Wildman–Crippen LogP) is 1.28. The van der Waals surface area contributed by atoms with Crippen molar-refractivity contribution in [3.8, 4) is 11.5 Å². The van der Waals surface area contributed by atoms with Crippen molar-refractivity contribution < 1.29 is 33.8 Å². The monoisotopic (exact) mass is 514 g/mol. The second kappa shape index (κ2) is 11.8. The Bertz CT molecular complexity index is 1130. The number of ketones is 1. The maximum Gasteiger partial charge on any atom is 0.295 e. The minimum Gasteiger partial charge on any atom is -0.872 e. The summed E-state index contributed by atoms with van der Waals surface area (Å²) in [4.78, 5) is 29.3. The fourth-order valence-corrected chi connectivity index (χ4v) is 4.87. The van der Waals surface area contributed by atoms with E-state index in [2.05, 4.69) is 0 Å². The van der Waals surface area contributed by atoms with E-state index in [0.29, 0.717) is 47.2 Å². The van der Waals surface area contributed by atoms with Gasteiger partial charge in [-0.05, 0) is 42.3 Å². The number of rotatable bonds is 9. The molecule has 2 heterocycles. The molecular weight excluding hydrogens is 484 g/mol. The number of halogens is 1. The third-order valence-electron chi connectivity index (χ3n) is 6.57. The summed E-state index contributed by atoms with van der Waals surface area (Å²) in [6, 6.07) is 10.7. The third-order valence-corrected chi connectivity index (χ3v) is 6.82. The second-order valence-electron chi connectivity index (χ2n) is 8.79. The maximum absolute atomic E-state index is 13.5. The number of nitrogens with zero attached hydrogens (tertiary/aromatic N) is 1. The van der Waals surface area contributed by atoms with Gasteiger partial charge < -0.3 is 29.1 Å². The fraction of sp³-hybridized carbons (Fsp3) is 0.407. The summed E-state index contributed by atoms with van der Waals surface area (Å²) in [6.07, 6.45) is 0.696. The minimum absolute atomic E-state index is 0.0627. The number of hydrogen-bond donors (Lipinski definition) is 1. The lowest BCUT2D eigenvalue weighted by Crippen LogP contribution is -3.14. The van der Waals surface area contributed by atoms with Crippen LogP contribution in [-0.4, -0.2) is 69.7 Å². The van der Waals surface area contributed by atoms with Gasteiger partial charge in [0.15, 0.2) is 11.5 Å². The lowest BCUT2D eigenvalue weighted by Gasteiger charge is -2.29. The summed E-state index contributed by atoms with van der Waals surface area (Å²) >= 11 is 5.99. The van der Waals surface area contributed by atoms with Crippen molar-refractivity contribution in [2.75, 3.05) is 53.1 Å². The van der Waals surface area contributed by atoms with E-state index < -0.39 is 23.5 Å². The number of ether oxygens (including phenoxy) is 3. The molecule has 0 aliphatic carbocycles. The van der Waals surface area contributed by atoms with Gasteiger partial charge in [-0.3, -0.25) is 9.59 Å². The second-order valence-corrected chi connectivity index (χ2v) is 9.23. The van der Waals surface area contributed by atoms with Gasteiger partial charge in [0, 0.05) is 23.6 Å². The molecule has 1 unspecified atom stereocenters. The zero-order valence-electron chi connectivity index (χ0n) is 20.6. The smallest absolute Gasteiger partial charge is 0.295 e. The summed E-state index contributed by atoms with van der Waals surface area (Å²) in [5, 5.41) is 14.0. The molecule has 1 amide bonds. The van der Waals surface area contributed by atoms with Crippen molar-refractivity contribution in [3.05, 3.63) is 64.2 Å². The summed E-state index contributed by atoms with van der Waals surface area (Å²) in [7, 11) is 1.53. The van der Waals surface area contributed by atoms with E-state index in [0.717, 1.165) is 32.8 Å². The van der Waals surface area contributed by atoms with Crippen LogP contribution >= 0.6 is 11.6 Å². The number of hydrogen-bond acceptors (Lipinski definition) is 6. The molecule has 0 radical (unpaired) electrons. The Morgan fingerprint density at radius 3 is 2.53 bits per heavy atom. The van der Waals surface area contributed by atoms with E-state index >= 15 is 0 Å². The molecule has 2 aliphatic rings. The molecule has 0 spiro atoms. The summed E-state index contributed by atoms with van der Waals surface area (Å²) in [6.45, 7) is 6.80. The first-order valence-corrected chi connectivity index (χ1v) is 12.6. The number of morpholine rings is 1. The molecule has 8 nitrogen and oxygen atoms in total. The Labute approximate surface area is 216 Å². The molecule has 192 valence electrons. The van der Waals surface area contributed by atoms with Gasteiger partial charge in [0.2, 0.25) is 5.78 Å². The van der Waals surface area contributed by atoms with Crippen LogP contribution in [0.25, 0.3) is 5.76 Å². The van der Waals surface area contributed by atoms with Crippen molar-refractivity contribution in [2.24, 2.45) is 0 Å². The van der Waals surface area contributed by atoms with Gasteiger partial charge >= 0.3 is 0 Å². The van der Waals surface area contributed by atoms with Gasteiger partial charge in [-0.1, -0.05) is 35.6 Å². The lowest BCUT2D eigenvalue weighted by molar-refractivity contribution is -0.908. The molecule has 2 saturated heterocycles. The van der Waals surface area contributed by atoms with Crippen molar-refractivity contribution in [1.82, 2.24) is 4.90 Å². The highest BCUT2D eigenvalue weighted by molar-refractivity contribution is 6.46. The molecule has 0 saturated carbocycles. The predicted molar refractivity (Wildman–Crippen MR) is 133 cm³/mol. The van der Waals surface area contributed by atoms with Crippen molar-refractivity contribution in [2.45, 2.75) is 19.4 Å². The van der Waals surface area contributed by atoms with Gasteiger partial charge in [0.05, 0.1) is 39.5 Å². The largest absolute Gasteiger partial charge is 0.872 e. The van der Waals surface area contributed by atoms with Gasteiger partial charge in [0.1, 0.15) is 13.1 Å². The van der Waals surface area contributed by atoms with E-state index in [9.17, 15) is 14.7 Å². The number of methoxy groups -OCH3 is 1. The van der Waals surface area contributed by atoms with Crippen LogP contribution < -0.4 is 19.5 Å². The van der Waals surface area contributed by atoms with E-state index in [-0.39, 0.29) is 5.57 Å². The summed E-state index contributed by atoms with van der Waals surface area (Å²) in [5.74, 6) is -0.901. The number of amides is 1. The topological polar surface area (TPSA) is 92.6 Å². The average Bonchev–Trinajstić information content (AvgIpc) is 3.15. The number of Topliss-reactive ketones (excluding diaryl/α,β-unsaturated/α-hetero) is 1. The molecule has 1 N–H and O–H groups in total. The Morgan fingerprint density at radius 2 is 1.86 bits per heavy atom. The Hall–Kier alpha value is -3.07. The van der Waals surface area contributed by atoms with E-state index in [1.807, 2.05) is 6.92 Å². The Kier molecular flexibility index (Phi) is 8.51. The zero-order valence-corrected chi connectivity index (χ0v) is 21.3. The van der Waals surface area contributed by atoms with Crippen molar-refractivity contribution in [3.63, 3.8) is 0 Å². The van der Waals surface area contributed by atoms with Gasteiger partial charge in [0.25, 0.3) is 5.91 Å². The molecular formula is C27H31ClN2O6. The molecule has 0 aromatic heterocycles. The van der Waals surface area contributed by atoms with Crippen LogP contribution in [0.4, 0.5) is 0 Å². The normalized spacial score (nSPS) is 20.1. The van der Waals surface area contributed by atoms with Crippen LogP contribution in [0.15, 0.2) is 48.0 Å². The van der Waals surface area contributed by atoms with Crippen molar-refractivity contribution in [1.29, 1.82) is 0 Å². The van der Waals surface area contributed by atoms with E-state index in [4.69, 9.17) is 25.8 Å². The molecule has 2 fully saturated rings. The van der Waals surface area contributed by atoms with Gasteiger partial charge in [-0.15, -0.1) is 0 Å². The number of carbonyl (C=O) groups excluding carboxylic acids is 2. The highest BCUT2D eigenvalue weighted by Gasteiger charge is 2.44. The van der Waals surface area contributed by atoms with Crippen LogP contribution in [0.3, 0.4) is 0 Å². The van der Waals surface area contributed by atoms with Crippen LogP contribution in [0.5, 0.6) is 11.5 Å². The highest BCUT2D eigenvalue weighted by atomic mass is 35.5. The fourth-order valence-electron chi connectivity index (χ4n) is 4.74. The lowest BCUT2D eigenvalue weighted by atomic mass is 9.95. The molecule has 2 aromatic rings. The summed E-state index contributed by atoms with van der Waals surface area (Å²) in [5.41, 5.74) is 0.857. The van der Waals surface area contributed by atoms with Crippen LogP contribution in [0.2, 0.25) is 5.02 Å². The van der Waals surface area contributed by atoms with E-state index in [1.165, 1.54) is 16.9 Å². The van der Waals surface area contributed by atoms with Crippen LogP contribution in [-0.2, 0) is 14.3 Å². The first-order chi connectivity index (χ1) is 17.4. The molecule has 4 rings (SSSR count). The zero-order chi connectivity index (χ0) is 25.7. The number of likely N-dealkylation sites (tertiary alicyclic amines) is 1. The van der Waals surface area contributed by atoms with Crippen LogP contribution in [0.1, 0.15) is 30.5 Å². The van der Waals surface area contributed by atoms with Crippen molar-refractivity contribution >= 4 is 29.1 Å².